The van der Waals surface area contributed by atoms with Gasteiger partial charge in [0.25, 0.3) is 0 Å². The Balaban J connectivity index is 2.36. The predicted molar refractivity (Wildman–Crippen MR) is 58.6 cm³/mol. The lowest BCUT2D eigenvalue weighted by Crippen LogP contribution is -2.35. The van der Waals surface area contributed by atoms with Gasteiger partial charge in [0.1, 0.15) is 0 Å². The first-order valence-electron chi connectivity index (χ1n) is 5.78. The Morgan fingerprint density at radius 3 is 2.62 bits per heavy atom. The van der Waals surface area contributed by atoms with Crippen molar-refractivity contribution >= 4 is 0 Å². The van der Waals surface area contributed by atoms with Crippen molar-refractivity contribution in [1.82, 2.24) is 0 Å². The van der Waals surface area contributed by atoms with Crippen LogP contribution in [0.3, 0.4) is 0 Å². The van der Waals surface area contributed by atoms with E-state index in [1.54, 1.807) is 0 Å². The Labute approximate surface area is 83.1 Å². The highest BCUT2D eigenvalue weighted by atomic mass is 14.7. The van der Waals surface area contributed by atoms with Crippen molar-refractivity contribution in [2.24, 2.45) is 17.6 Å². The first-order chi connectivity index (χ1) is 5.99. The zero-order valence-electron chi connectivity index (χ0n) is 9.47. The molecular formula is C12H25N. The van der Waals surface area contributed by atoms with Crippen molar-refractivity contribution in [2.45, 2.75) is 64.8 Å². The van der Waals surface area contributed by atoms with Crippen LogP contribution in [0.25, 0.3) is 0 Å². The molecule has 0 amide bonds. The van der Waals surface area contributed by atoms with Gasteiger partial charge in [-0.05, 0) is 44.4 Å². The van der Waals surface area contributed by atoms with Crippen molar-refractivity contribution in [2.75, 3.05) is 0 Å². The molecule has 78 valence electrons. The lowest BCUT2D eigenvalue weighted by atomic mass is 9.89. The molecule has 13 heavy (non-hydrogen) atoms. The van der Waals surface area contributed by atoms with Gasteiger partial charge in [0.2, 0.25) is 0 Å². The SMILES string of the molecule is CC(C)CC1CCCC(C)(N)CC1. The van der Waals surface area contributed by atoms with E-state index in [1.165, 1.54) is 38.5 Å². The standard InChI is InChI=1S/C12H25N/c1-10(2)9-11-5-4-7-12(3,13)8-6-11/h10-11H,4-9,13H2,1-3H3. The molecule has 1 rings (SSSR count). The third-order valence-corrected chi connectivity index (χ3v) is 3.29. The van der Waals surface area contributed by atoms with Crippen LogP contribution in [0.5, 0.6) is 0 Å². The summed E-state index contributed by atoms with van der Waals surface area (Å²) in [5.41, 5.74) is 6.30. The highest BCUT2D eigenvalue weighted by molar-refractivity contribution is 4.83. The summed E-state index contributed by atoms with van der Waals surface area (Å²) in [5.74, 6) is 1.80. The third-order valence-electron chi connectivity index (χ3n) is 3.29. The summed E-state index contributed by atoms with van der Waals surface area (Å²) >= 11 is 0. The summed E-state index contributed by atoms with van der Waals surface area (Å²) in [7, 11) is 0. The second-order valence-electron chi connectivity index (χ2n) is 5.58. The van der Waals surface area contributed by atoms with Crippen molar-refractivity contribution < 1.29 is 0 Å². The molecule has 1 saturated carbocycles. The monoisotopic (exact) mass is 183 g/mol. The second kappa shape index (κ2) is 4.45. The van der Waals surface area contributed by atoms with Crippen LogP contribution in [0, 0.1) is 11.8 Å². The van der Waals surface area contributed by atoms with Crippen LogP contribution in [-0.2, 0) is 0 Å². The van der Waals surface area contributed by atoms with Gasteiger partial charge in [-0.2, -0.15) is 0 Å². The fourth-order valence-electron chi connectivity index (χ4n) is 2.50. The van der Waals surface area contributed by atoms with E-state index in [0.29, 0.717) is 0 Å². The summed E-state index contributed by atoms with van der Waals surface area (Å²) < 4.78 is 0. The molecule has 2 N–H and O–H groups in total. The average Bonchev–Trinajstić information content (AvgIpc) is 2.12. The maximum Gasteiger partial charge on any atom is 0.0126 e. The minimum atomic E-state index is 0.131. The largest absolute Gasteiger partial charge is 0.325 e. The van der Waals surface area contributed by atoms with E-state index in [0.717, 1.165) is 11.8 Å². The minimum absolute atomic E-state index is 0.131. The second-order valence-corrected chi connectivity index (χ2v) is 5.58. The molecule has 2 unspecified atom stereocenters. The first kappa shape index (κ1) is 11.0. The van der Waals surface area contributed by atoms with Gasteiger partial charge in [0, 0.05) is 5.54 Å². The van der Waals surface area contributed by atoms with Crippen molar-refractivity contribution in [3.05, 3.63) is 0 Å². The van der Waals surface area contributed by atoms with E-state index < -0.39 is 0 Å². The quantitative estimate of drug-likeness (QED) is 0.653. The zero-order chi connectivity index (χ0) is 9.90. The molecule has 0 radical (unpaired) electrons. The van der Waals surface area contributed by atoms with Crippen molar-refractivity contribution in [1.29, 1.82) is 0 Å². The van der Waals surface area contributed by atoms with Crippen LogP contribution >= 0.6 is 0 Å². The maximum atomic E-state index is 6.17. The van der Waals surface area contributed by atoms with Crippen molar-refractivity contribution in [3.8, 4) is 0 Å². The Kier molecular flexibility index (Phi) is 3.78. The summed E-state index contributed by atoms with van der Waals surface area (Å²) in [6, 6.07) is 0. The molecule has 1 aliphatic carbocycles. The number of hydrogen-bond acceptors (Lipinski definition) is 1. The maximum absolute atomic E-state index is 6.17. The Morgan fingerprint density at radius 1 is 1.31 bits per heavy atom. The summed E-state index contributed by atoms with van der Waals surface area (Å²) in [6.07, 6.45) is 7.95. The van der Waals surface area contributed by atoms with Crippen LogP contribution in [0.1, 0.15) is 59.3 Å². The number of hydrogen-bond donors (Lipinski definition) is 1. The zero-order valence-corrected chi connectivity index (χ0v) is 9.47. The van der Waals surface area contributed by atoms with Crippen LogP contribution in [0.4, 0.5) is 0 Å². The molecule has 1 fully saturated rings. The number of nitrogens with two attached hydrogens (primary N) is 1. The van der Waals surface area contributed by atoms with Gasteiger partial charge < -0.3 is 5.73 Å². The molecule has 0 aromatic heterocycles. The Hall–Kier alpha value is -0.0400. The van der Waals surface area contributed by atoms with Gasteiger partial charge in [0.15, 0.2) is 0 Å². The molecular weight excluding hydrogens is 158 g/mol. The fourth-order valence-corrected chi connectivity index (χ4v) is 2.50. The normalized spacial score (nSPS) is 36.2. The lowest BCUT2D eigenvalue weighted by molar-refractivity contribution is 0.354. The molecule has 1 heteroatoms. The van der Waals surface area contributed by atoms with E-state index in [2.05, 4.69) is 20.8 Å². The van der Waals surface area contributed by atoms with E-state index in [1.807, 2.05) is 0 Å². The van der Waals surface area contributed by atoms with E-state index in [9.17, 15) is 0 Å². The predicted octanol–water partition coefficient (Wildman–Crippen LogP) is 3.33. The third kappa shape index (κ3) is 4.12. The molecule has 0 aliphatic heterocycles. The minimum Gasteiger partial charge on any atom is -0.325 e. The molecule has 1 nitrogen and oxygen atoms in total. The molecule has 0 bridgehead atoms. The van der Waals surface area contributed by atoms with Gasteiger partial charge in [-0.1, -0.05) is 26.7 Å². The summed E-state index contributed by atoms with van der Waals surface area (Å²) in [4.78, 5) is 0. The van der Waals surface area contributed by atoms with Crippen LogP contribution in [0.15, 0.2) is 0 Å². The summed E-state index contributed by atoms with van der Waals surface area (Å²) in [6.45, 7) is 6.86. The molecule has 0 spiro atoms. The molecule has 0 saturated heterocycles. The average molecular weight is 183 g/mol. The van der Waals surface area contributed by atoms with Crippen LogP contribution in [0.2, 0.25) is 0 Å². The van der Waals surface area contributed by atoms with Gasteiger partial charge in [-0.3, -0.25) is 0 Å². The number of rotatable bonds is 2. The Bertz CT molecular complexity index is 149. The first-order valence-corrected chi connectivity index (χ1v) is 5.78. The van der Waals surface area contributed by atoms with Gasteiger partial charge >= 0.3 is 0 Å². The topological polar surface area (TPSA) is 26.0 Å². The van der Waals surface area contributed by atoms with E-state index in [-0.39, 0.29) is 5.54 Å². The Morgan fingerprint density at radius 2 is 2.00 bits per heavy atom. The van der Waals surface area contributed by atoms with Crippen LogP contribution < -0.4 is 5.73 Å². The fraction of sp³-hybridized carbons (Fsp3) is 1.00. The van der Waals surface area contributed by atoms with E-state index in [4.69, 9.17) is 5.73 Å². The molecule has 0 aromatic carbocycles. The lowest BCUT2D eigenvalue weighted by Gasteiger charge is -2.22. The van der Waals surface area contributed by atoms with E-state index >= 15 is 0 Å². The molecule has 0 heterocycles. The van der Waals surface area contributed by atoms with Gasteiger partial charge in [0.05, 0.1) is 0 Å². The molecule has 1 aliphatic rings. The molecule has 2 atom stereocenters. The highest BCUT2D eigenvalue weighted by Crippen LogP contribution is 2.31. The molecule has 0 aromatic rings. The highest BCUT2D eigenvalue weighted by Gasteiger charge is 2.24. The van der Waals surface area contributed by atoms with Gasteiger partial charge in [-0.15, -0.1) is 0 Å². The van der Waals surface area contributed by atoms with Crippen LogP contribution in [-0.4, -0.2) is 5.54 Å². The van der Waals surface area contributed by atoms with Crippen molar-refractivity contribution in [3.63, 3.8) is 0 Å². The smallest absolute Gasteiger partial charge is 0.0126 e. The summed E-state index contributed by atoms with van der Waals surface area (Å²) in [5, 5.41) is 0. The van der Waals surface area contributed by atoms with Gasteiger partial charge in [-0.25, -0.2) is 0 Å².